The molecule has 1 fully saturated rings. The van der Waals surface area contributed by atoms with Crippen LogP contribution in [0, 0.1) is 10.1 Å². The minimum absolute atomic E-state index is 0.0894. The molecule has 29 heavy (non-hydrogen) atoms. The second kappa shape index (κ2) is 8.69. The zero-order chi connectivity index (χ0) is 21.0. The molecule has 11 heteroatoms. The van der Waals surface area contributed by atoms with Gasteiger partial charge < -0.3 is 9.47 Å². The van der Waals surface area contributed by atoms with Crippen LogP contribution >= 0.6 is 0 Å². The number of hydrazone groups is 1. The number of rotatable bonds is 6. The number of hydrogen-bond donors (Lipinski definition) is 1. The molecule has 1 saturated heterocycles. The number of aromatic nitrogens is 2. The molecule has 2 aromatic rings. The molecule has 0 saturated carbocycles. The number of nitrogens with zero attached hydrogens (tertiary/aromatic N) is 4. The van der Waals surface area contributed by atoms with Crippen LogP contribution in [0.4, 0.5) is 5.69 Å². The predicted octanol–water partition coefficient (Wildman–Crippen LogP) is 0.845. The van der Waals surface area contributed by atoms with E-state index in [0.717, 1.165) is 0 Å². The third-order valence-corrected chi connectivity index (χ3v) is 4.47. The number of nitro benzene ring substituents is 1. The van der Waals surface area contributed by atoms with Crippen molar-refractivity contribution in [2.45, 2.75) is 13.3 Å². The predicted molar refractivity (Wildman–Crippen MR) is 103 cm³/mol. The first kappa shape index (κ1) is 20.3. The number of H-pyrrole nitrogens is 1. The number of carbonyl (C=O) groups excluding carboxylic acids is 1. The maximum absolute atomic E-state index is 13.1. The normalized spacial score (nSPS) is 14.7. The molecule has 0 atom stereocenters. The number of esters is 1. The fourth-order valence-electron chi connectivity index (χ4n) is 3.02. The van der Waals surface area contributed by atoms with Crippen LogP contribution in [-0.2, 0) is 20.7 Å². The lowest BCUT2D eigenvalue weighted by Crippen LogP contribution is -2.33. The average molecular weight is 403 g/mol. The van der Waals surface area contributed by atoms with Crippen molar-refractivity contribution in [2.24, 2.45) is 5.10 Å². The summed E-state index contributed by atoms with van der Waals surface area (Å²) in [6.07, 6.45) is -0.142. The van der Waals surface area contributed by atoms with Gasteiger partial charge in [0.15, 0.2) is 0 Å². The van der Waals surface area contributed by atoms with Gasteiger partial charge in [0.1, 0.15) is 0 Å². The van der Waals surface area contributed by atoms with Crippen LogP contribution in [-0.4, -0.2) is 64.8 Å². The second-order valence-corrected chi connectivity index (χ2v) is 6.38. The van der Waals surface area contributed by atoms with Crippen molar-refractivity contribution in [1.82, 2.24) is 14.8 Å². The molecule has 154 valence electrons. The molecule has 0 unspecified atom stereocenters. The lowest BCUT2D eigenvalue weighted by Gasteiger charge is -2.24. The summed E-state index contributed by atoms with van der Waals surface area (Å²) in [7, 11) is 1.27. The van der Waals surface area contributed by atoms with Gasteiger partial charge in [-0.3, -0.25) is 29.8 Å². The van der Waals surface area contributed by atoms with E-state index in [0.29, 0.717) is 43.4 Å². The Bertz CT molecular complexity index is 985. The van der Waals surface area contributed by atoms with Gasteiger partial charge in [-0.2, -0.15) is 5.10 Å². The molecule has 2 heterocycles. The number of methoxy groups -OCH3 is 1. The molecule has 0 radical (unpaired) electrons. The van der Waals surface area contributed by atoms with Crippen LogP contribution in [0.3, 0.4) is 0 Å². The number of benzene rings is 1. The lowest BCUT2D eigenvalue weighted by atomic mass is 10.1. The van der Waals surface area contributed by atoms with E-state index in [2.05, 4.69) is 10.2 Å². The van der Waals surface area contributed by atoms with Crippen molar-refractivity contribution in [2.75, 3.05) is 33.4 Å². The third kappa shape index (κ3) is 4.51. The van der Waals surface area contributed by atoms with Gasteiger partial charge in [0, 0.05) is 12.1 Å². The van der Waals surface area contributed by atoms with Crippen molar-refractivity contribution in [1.29, 1.82) is 0 Å². The average Bonchev–Trinajstić information content (AvgIpc) is 3.04. The quantitative estimate of drug-likeness (QED) is 0.327. The monoisotopic (exact) mass is 403 g/mol. The lowest BCUT2D eigenvalue weighted by molar-refractivity contribution is -0.384. The molecular formula is C18H21N5O6. The Morgan fingerprint density at radius 2 is 1.97 bits per heavy atom. The summed E-state index contributed by atoms with van der Waals surface area (Å²) in [6, 6.07) is 5.51. The Hall–Kier alpha value is -3.47. The van der Waals surface area contributed by atoms with Crippen LogP contribution in [0.25, 0.3) is 5.69 Å². The molecule has 1 aliphatic heterocycles. The van der Waals surface area contributed by atoms with Crippen molar-refractivity contribution in [3.63, 3.8) is 0 Å². The zero-order valence-electron chi connectivity index (χ0n) is 16.1. The van der Waals surface area contributed by atoms with Gasteiger partial charge in [-0.05, 0) is 19.1 Å². The number of aromatic amines is 1. The highest BCUT2D eigenvalue weighted by Crippen LogP contribution is 2.16. The van der Waals surface area contributed by atoms with Crippen molar-refractivity contribution >= 4 is 17.4 Å². The molecule has 1 aliphatic rings. The Morgan fingerprint density at radius 3 is 2.55 bits per heavy atom. The van der Waals surface area contributed by atoms with E-state index in [1.807, 2.05) is 5.01 Å². The van der Waals surface area contributed by atoms with Crippen molar-refractivity contribution in [3.8, 4) is 5.69 Å². The van der Waals surface area contributed by atoms with E-state index >= 15 is 0 Å². The first-order valence-electron chi connectivity index (χ1n) is 8.94. The zero-order valence-corrected chi connectivity index (χ0v) is 16.1. The van der Waals surface area contributed by atoms with Crippen LogP contribution in [0.1, 0.15) is 18.2 Å². The Labute approximate surface area is 165 Å². The number of hydrogen-bond acceptors (Lipinski definition) is 8. The molecule has 0 spiro atoms. The highest BCUT2D eigenvalue weighted by molar-refractivity contribution is 6.00. The van der Waals surface area contributed by atoms with Crippen LogP contribution in [0.15, 0.2) is 34.2 Å². The van der Waals surface area contributed by atoms with Crippen molar-refractivity contribution < 1.29 is 19.2 Å². The Morgan fingerprint density at radius 1 is 1.31 bits per heavy atom. The molecule has 0 bridgehead atoms. The summed E-state index contributed by atoms with van der Waals surface area (Å²) in [6.45, 7) is 3.99. The van der Waals surface area contributed by atoms with Gasteiger partial charge in [-0.15, -0.1) is 0 Å². The summed E-state index contributed by atoms with van der Waals surface area (Å²) < 4.78 is 11.3. The molecule has 1 aromatic carbocycles. The molecule has 1 N–H and O–H groups in total. The number of carbonyl (C=O) groups is 1. The second-order valence-electron chi connectivity index (χ2n) is 6.38. The third-order valence-electron chi connectivity index (χ3n) is 4.47. The Balaban J connectivity index is 2.03. The summed E-state index contributed by atoms with van der Waals surface area (Å²) in [5.41, 5.74) is 0.973. The number of morpholine rings is 1. The van der Waals surface area contributed by atoms with Crippen LogP contribution in [0.2, 0.25) is 0 Å². The van der Waals surface area contributed by atoms with E-state index in [1.54, 1.807) is 6.92 Å². The van der Waals surface area contributed by atoms with Gasteiger partial charge in [0.2, 0.25) is 0 Å². The molecule has 0 amide bonds. The number of nitro groups is 1. The molecule has 3 rings (SSSR count). The Kier molecular flexibility index (Phi) is 6.07. The van der Waals surface area contributed by atoms with E-state index in [1.165, 1.54) is 36.1 Å². The van der Waals surface area contributed by atoms with Gasteiger partial charge in [-0.1, -0.05) is 0 Å². The smallest absolute Gasteiger partial charge is 0.311 e. The minimum Gasteiger partial charge on any atom is -0.469 e. The fourth-order valence-corrected chi connectivity index (χ4v) is 3.02. The van der Waals surface area contributed by atoms with Gasteiger partial charge in [0.25, 0.3) is 11.2 Å². The topological polar surface area (TPSA) is 132 Å². The number of nitrogens with one attached hydrogen (secondary N) is 1. The summed E-state index contributed by atoms with van der Waals surface area (Å²) in [4.78, 5) is 35.2. The molecule has 11 nitrogen and oxygen atoms in total. The van der Waals surface area contributed by atoms with E-state index < -0.39 is 16.5 Å². The first-order valence-corrected chi connectivity index (χ1v) is 8.94. The van der Waals surface area contributed by atoms with Gasteiger partial charge >= 0.3 is 5.97 Å². The van der Waals surface area contributed by atoms with Crippen LogP contribution < -0.4 is 5.56 Å². The minimum atomic E-state index is -0.519. The van der Waals surface area contributed by atoms with Gasteiger partial charge in [-0.25, -0.2) is 4.68 Å². The van der Waals surface area contributed by atoms with E-state index in [9.17, 15) is 19.7 Å². The largest absolute Gasteiger partial charge is 0.469 e. The number of non-ortho nitro benzene ring substituents is 1. The number of ether oxygens (including phenoxy) is 2. The highest BCUT2D eigenvalue weighted by atomic mass is 16.6. The van der Waals surface area contributed by atoms with E-state index in [4.69, 9.17) is 9.47 Å². The molecule has 0 aliphatic carbocycles. The SMILES string of the molecule is COC(=O)Cc1[nH]n(-c2ccc([N+](=O)[O-])cc2)c(=O)c1/C(C)=N/N1CCOCC1. The van der Waals surface area contributed by atoms with Crippen molar-refractivity contribution in [3.05, 3.63) is 56.0 Å². The summed E-state index contributed by atoms with van der Waals surface area (Å²) >= 11 is 0. The molecule has 1 aromatic heterocycles. The molecular weight excluding hydrogens is 382 g/mol. The first-order chi connectivity index (χ1) is 13.9. The maximum atomic E-state index is 13.1. The van der Waals surface area contributed by atoms with Crippen LogP contribution in [0.5, 0.6) is 0 Å². The maximum Gasteiger partial charge on any atom is 0.311 e. The van der Waals surface area contributed by atoms with Gasteiger partial charge in [0.05, 0.1) is 67.4 Å². The summed E-state index contributed by atoms with van der Waals surface area (Å²) in [5, 5.41) is 20.1. The highest BCUT2D eigenvalue weighted by Gasteiger charge is 2.22. The summed E-state index contributed by atoms with van der Waals surface area (Å²) in [5.74, 6) is -0.512. The van der Waals surface area contributed by atoms with E-state index in [-0.39, 0.29) is 17.7 Å². The fraction of sp³-hybridized carbons (Fsp3) is 0.389. The standard InChI is InChI=1S/C18H21N5O6/c1-12(19-21-7-9-29-10-8-21)17-15(11-16(24)28-2)20-22(18(17)25)13-3-5-14(6-4-13)23(26)27/h3-6,20H,7-11H2,1-2H3/b19-12+.